The van der Waals surface area contributed by atoms with Gasteiger partial charge < -0.3 is 23.8 Å². The molecule has 3 aromatic rings. The van der Waals surface area contributed by atoms with E-state index in [-0.39, 0.29) is 18.2 Å². The monoisotopic (exact) mass is 450 g/mol. The van der Waals surface area contributed by atoms with Crippen LogP contribution < -0.4 is 9.47 Å². The summed E-state index contributed by atoms with van der Waals surface area (Å²) in [5, 5.41) is 3.89. The first kappa shape index (κ1) is 22.3. The van der Waals surface area contributed by atoms with Crippen molar-refractivity contribution in [1.29, 1.82) is 0 Å². The van der Waals surface area contributed by atoms with Crippen LogP contribution >= 0.6 is 0 Å². The van der Waals surface area contributed by atoms with Crippen molar-refractivity contribution in [2.45, 2.75) is 13.3 Å². The molecule has 9 heteroatoms. The number of nitrogens with zero attached hydrogens (tertiary/aromatic N) is 4. The zero-order valence-corrected chi connectivity index (χ0v) is 18.9. The predicted molar refractivity (Wildman–Crippen MR) is 120 cm³/mol. The molecule has 2 amide bonds. The summed E-state index contributed by atoms with van der Waals surface area (Å²) >= 11 is 0. The maximum Gasteiger partial charge on any atom is 0.253 e. The van der Waals surface area contributed by atoms with Crippen LogP contribution in [-0.2, 0) is 11.2 Å². The van der Waals surface area contributed by atoms with Gasteiger partial charge in [0.05, 0.1) is 20.6 Å². The summed E-state index contributed by atoms with van der Waals surface area (Å²) in [5.74, 6) is 2.24. The van der Waals surface area contributed by atoms with Crippen LogP contribution in [0.1, 0.15) is 21.8 Å². The van der Waals surface area contributed by atoms with E-state index in [9.17, 15) is 9.59 Å². The zero-order chi connectivity index (χ0) is 23.4. The third-order valence-electron chi connectivity index (χ3n) is 5.67. The fourth-order valence-corrected chi connectivity index (χ4v) is 3.81. The van der Waals surface area contributed by atoms with Crippen LogP contribution in [-0.4, -0.2) is 72.2 Å². The van der Waals surface area contributed by atoms with Gasteiger partial charge in [0.2, 0.25) is 17.6 Å². The Hall–Kier alpha value is -3.88. The number of aryl methyl sites for hydroxylation is 1. The summed E-state index contributed by atoms with van der Waals surface area (Å²) in [4.78, 5) is 33.5. The van der Waals surface area contributed by atoms with Crippen LogP contribution in [0.4, 0.5) is 0 Å². The van der Waals surface area contributed by atoms with E-state index < -0.39 is 0 Å². The fourth-order valence-electron chi connectivity index (χ4n) is 3.81. The first-order valence-corrected chi connectivity index (χ1v) is 10.7. The number of benzene rings is 2. The molecule has 4 rings (SSSR count). The largest absolute Gasteiger partial charge is 0.497 e. The number of ether oxygens (including phenoxy) is 2. The average molecular weight is 450 g/mol. The number of rotatable bonds is 6. The van der Waals surface area contributed by atoms with Gasteiger partial charge in [-0.1, -0.05) is 17.3 Å². The van der Waals surface area contributed by atoms with E-state index in [1.807, 2.05) is 6.07 Å². The van der Waals surface area contributed by atoms with Crippen LogP contribution in [0.2, 0.25) is 0 Å². The lowest BCUT2D eigenvalue weighted by molar-refractivity contribution is -0.131. The van der Waals surface area contributed by atoms with Gasteiger partial charge in [0, 0.05) is 49.8 Å². The van der Waals surface area contributed by atoms with Crippen molar-refractivity contribution < 1.29 is 23.6 Å². The van der Waals surface area contributed by atoms with Gasteiger partial charge in [0.1, 0.15) is 11.5 Å². The van der Waals surface area contributed by atoms with Crippen molar-refractivity contribution in [3.8, 4) is 22.9 Å². The summed E-state index contributed by atoms with van der Waals surface area (Å²) < 4.78 is 15.6. The van der Waals surface area contributed by atoms with Gasteiger partial charge in [-0.3, -0.25) is 9.59 Å². The minimum atomic E-state index is -0.0626. The molecule has 33 heavy (non-hydrogen) atoms. The number of aromatic nitrogens is 2. The first-order chi connectivity index (χ1) is 16.0. The minimum absolute atomic E-state index is 0.00610. The number of carbonyl (C=O) groups excluding carboxylic acids is 2. The van der Waals surface area contributed by atoms with Crippen molar-refractivity contribution in [3.63, 3.8) is 0 Å². The lowest BCUT2D eigenvalue weighted by atomic mass is 10.1. The molecule has 1 fully saturated rings. The second-order valence-corrected chi connectivity index (χ2v) is 7.74. The van der Waals surface area contributed by atoms with Crippen LogP contribution in [0.25, 0.3) is 11.4 Å². The number of methoxy groups -OCH3 is 2. The van der Waals surface area contributed by atoms with E-state index >= 15 is 0 Å². The van der Waals surface area contributed by atoms with E-state index in [2.05, 4.69) is 10.1 Å². The van der Waals surface area contributed by atoms with Crippen LogP contribution in [0.3, 0.4) is 0 Å². The van der Waals surface area contributed by atoms with Gasteiger partial charge in [-0.25, -0.2) is 0 Å². The van der Waals surface area contributed by atoms with Crippen LogP contribution in [0.5, 0.6) is 11.5 Å². The van der Waals surface area contributed by atoms with Crippen molar-refractivity contribution in [2.24, 2.45) is 0 Å². The Morgan fingerprint density at radius 2 is 1.67 bits per heavy atom. The molecule has 1 aliphatic heterocycles. The highest BCUT2D eigenvalue weighted by molar-refractivity contribution is 5.94. The number of amides is 2. The summed E-state index contributed by atoms with van der Waals surface area (Å²) in [7, 11) is 3.17. The van der Waals surface area contributed by atoms with E-state index in [1.165, 1.54) is 0 Å². The Bertz CT molecular complexity index is 1130. The number of carbonyl (C=O) groups is 2. The highest BCUT2D eigenvalue weighted by Crippen LogP contribution is 2.25. The highest BCUT2D eigenvalue weighted by atomic mass is 16.5. The molecule has 2 heterocycles. The molecule has 0 radical (unpaired) electrons. The minimum Gasteiger partial charge on any atom is -0.497 e. The van der Waals surface area contributed by atoms with Gasteiger partial charge in [0.25, 0.3) is 5.91 Å². The summed E-state index contributed by atoms with van der Waals surface area (Å²) in [6.45, 7) is 3.65. The third-order valence-corrected chi connectivity index (χ3v) is 5.67. The normalized spacial score (nSPS) is 13.7. The summed E-state index contributed by atoms with van der Waals surface area (Å²) in [6, 6.07) is 12.5. The van der Waals surface area contributed by atoms with Crippen molar-refractivity contribution in [1.82, 2.24) is 19.9 Å². The molecule has 1 aromatic heterocycles. The maximum atomic E-state index is 12.9. The molecule has 0 bridgehead atoms. The Kier molecular flexibility index (Phi) is 6.58. The molecular formula is C24H26N4O5. The van der Waals surface area contributed by atoms with E-state index in [0.29, 0.717) is 55.0 Å². The zero-order valence-electron chi connectivity index (χ0n) is 18.9. The van der Waals surface area contributed by atoms with Crippen molar-refractivity contribution >= 4 is 11.8 Å². The molecule has 0 unspecified atom stereocenters. The molecule has 0 aliphatic carbocycles. The molecule has 172 valence electrons. The van der Waals surface area contributed by atoms with Gasteiger partial charge >= 0.3 is 0 Å². The molecule has 0 saturated carbocycles. The highest BCUT2D eigenvalue weighted by Gasteiger charge is 2.25. The van der Waals surface area contributed by atoms with Gasteiger partial charge in [-0.2, -0.15) is 4.98 Å². The Balaban J connectivity index is 1.35. The fraction of sp³-hybridized carbons (Fsp3) is 0.333. The number of hydrogen-bond acceptors (Lipinski definition) is 7. The van der Waals surface area contributed by atoms with E-state index in [4.69, 9.17) is 14.0 Å². The quantitative estimate of drug-likeness (QED) is 0.569. The topological polar surface area (TPSA) is 98.0 Å². The van der Waals surface area contributed by atoms with Gasteiger partial charge in [-0.05, 0) is 30.3 Å². The van der Waals surface area contributed by atoms with Crippen LogP contribution in [0, 0.1) is 6.92 Å². The summed E-state index contributed by atoms with van der Waals surface area (Å²) in [6.07, 6.45) is 0.214. The molecule has 2 aromatic carbocycles. The second-order valence-electron chi connectivity index (χ2n) is 7.74. The second kappa shape index (κ2) is 9.72. The molecule has 0 atom stereocenters. The molecule has 0 spiro atoms. The molecular weight excluding hydrogens is 424 g/mol. The van der Waals surface area contributed by atoms with Crippen LogP contribution in [0.15, 0.2) is 47.0 Å². The molecule has 0 N–H and O–H groups in total. The summed E-state index contributed by atoms with van der Waals surface area (Å²) in [5.41, 5.74) is 2.14. The Morgan fingerprint density at radius 3 is 2.27 bits per heavy atom. The lowest BCUT2D eigenvalue weighted by Crippen LogP contribution is -2.51. The number of hydrogen-bond donors (Lipinski definition) is 0. The molecule has 1 aliphatic rings. The molecule has 9 nitrogen and oxygen atoms in total. The SMILES string of the molecule is COc1ccc(OC)c(CC(=O)N2CCN(C(=O)c3ccc(-c4noc(C)n4)cc3)CC2)c1. The number of piperazine rings is 1. The smallest absolute Gasteiger partial charge is 0.253 e. The van der Waals surface area contributed by atoms with E-state index in [1.54, 1.807) is 67.3 Å². The van der Waals surface area contributed by atoms with Gasteiger partial charge in [0.15, 0.2) is 0 Å². The average Bonchev–Trinajstić information content (AvgIpc) is 3.30. The van der Waals surface area contributed by atoms with Crippen molar-refractivity contribution in [3.05, 3.63) is 59.5 Å². The maximum absolute atomic E-state index is 12.9. The van der Waals surface area contributed by atoms with Crippen molar-refractivity contribution in [2.75, 3.05) is 40.4 Å². The Labute approximate surface area is 191 Å². The third kappa shape index (κ3) is 4.97. The van der Waals surface area contributed by atoms with Gasteiger partial charge in [-0.15, -0.1) is 0 Å². The first-order valence-electron chi connectivity index (χ1n) is 10.7. The predicted octanol–water partition coefficient (Wildman–Crippen LogP) is 2.59. The Morgan fingerprint density at radius 1 is 0.970 bits per heavy atom. The standard InChI is InChI=1S/C24H26N4O5/c1-16-25-23(26-33-16)17-4-6-18(7-5-17)24(30)28-12-10-27(11-13-28)22(29)15-19-14-20(31-2)8-9-21(19)32-3/h4-9,14H,10-13,15H2,1-3H3. The lowest BCUT2D eigenvalue weighted by Gasteiger charge is -2.35. The molecule has 1 saturated heterocycles. The van der Waals surface area contributed by atoms with E-state index in [0.717, 1.165) is 11.1 Å².